The van der Waals surface area contributed by atoms with Crippen molar-refractivity contribution in [1.82, 2.24) is 0 Å². The van der Waals surface area contributed by atoms with Gasteiger partial charge in [0, 0.05) is 0 Å². The second kappa shape index (κ2) is 12.6. The van der Waals surface area contributed by atoms with Crippen LogP contribution in [0.15, 0.2) is 24.3 Å². The standard InChI is InChI=1S/2C4H6O2.2Li/c2*1-3(2)4(5)6;;/h2*1H2,2H3,(H,5,6);;/q;;2*+1/p-2. The molecule has 0 aliphatic carbocycles. The van der Waals surface area contributed by atoms with Crippen LogP contribution in [-0.2, 0) is 9.59 Å². The van der Waals surface area contributed by atoms with Crippen LogP contribution in [0, 0.1) is 0 Å². The Morgan fingerprint density at radius 3 is 0.929 bits per heavy atom. The summed E-state index contributed by atoms with van der Waals surface area (Å²) in [6.07, 6.45) is 0. The molecule has 14 heavy (non-hydrogen) atoms. The van der Waals surface area contributed by atoms with E-state index in [1.54, 1.807) is 0 Å². The Kier molecular flexibility index (Phi) is 21.1. The summed E-state index contributed by atoms with van der Waals surface area (Å²) in [5.74, 6) is -2.37. The van der Waals surface area contributed by atoms with Crippen molar-refractivity contribution in [2.75, 3.05) is 0 Å². The fraction of sp³-hybridized carbons (Fsp3) is 0.250. The molecule has 0 radical (unpaired) electrons. The Bertz CT molecular complexity index is 175. The van der Waals surface area contributed by atoms with E-state index >= 15 is 0 Å². The van der Waals surface area contributed by atoms with Crippen LogP contribution in [-0.4, -0.2) is 11.9 Å². The molecule has 0 unspecified atom stereocenters. The molecule has 0 fully saturated rings. The topological polar surface area (TPSA) is 80.3 Å². The maximum atomic E-state index is 9.49. The summed E-state index contributed by atoms with van der Waals surface area (Å²) in [4.78, 5) is 19.0. The fourth-order valence-electron chi connectivity index (χ4n) is 0. The summed E-state index contributed by atoms with van der Waals surface area (Å²) < 4.78 is 0. The maximum absolute atomic E-state index is 9.49. The maximum Gasteiger partial charge on any atom is 1.00 e. The van der Waals surface area contributed by atoms with Gasteiger partial charge in [-0.2, -0.15) is 0 Å². The number of aliphatic carboxylic acids is 2. The third-order valence-electron chi connectivity index (χ3n) is 0.697. The van der Waals surface area contributed by atoms with E-state index in [4.69, 9.17) is 0 Å². The number of rotatable bonds is 2. The van der Waals surface area contributed by atoms with Gasteiger partial charge in [-0.05, 0) is 25.0 Å². The van der Waals surface area contributed by atoms with Crippen LogP contribution in [0.5, 0.6) is 0 Å². The van der Waals surface area contributed by atoms with Crippen LogP contribution in [0.1, 0.15) is 13.8 Å². The van der Waals surface area contributed by atoms with E-state index in [2.05, 4.69) is 13.2 Å². The van der Waals surface area contributed by atoms with Gasteiger partial charge in [-0.3, -0.25) is 0 Å². The Balaban J connectivity index is -0.0000000625. The van der Waals surface area contributed by atoms with Crippen molar-refractivity contribution >= 4 is 11.9 Å². The molecule has 0 bridgehead atoms. The summed E-state index contributed by atoms with van der Waals surface area (Å²) in [6, 6.07) is 0. The van der Waals surface area contributed by atoms with E-state index in [0.717, 1.165) is 0 Å². The first kappa shape index (κ1) is 23.4. The van der Waals surface area contributed by atoms with Gasteiger partial charge in [0.2, 0.25) is 0 Å². The summed E-state index contributed by atoms with van der Waals surface area (Å²) in [6.45, 7) is 8.95. The first-order valence-corrected chi connectivity index (χ1v) is 3.02. The second-order valence-electron chi connectivity index (χ2n) is 2.14. The van der Waals surface area contributed by atoms with Gasteiger partial charge in [0.25, 0.3) is 0 Å². The van der Waals surface area contributed by atoms with E-state index in [9.17, 15) is 19.8 Å². The fourth-order valence-corrected chi connectivity index (χ4v) is 0. The van der Waals surface area contributed by atoms with E-state index in [-0.39, 0.29) is 48.9 Å². The molecule has 0 aromatic rings. The molecule has 0 saturated heterocycles. The molecule has 0 aliphatic heterocycles. The number of carbonyl (C=O) groups is 2. The van der Waals surface area contributed by atoms with Crippen molar-refractivity contribution in [3.63, 3.8) is 0 Å². The second-order valence-corrected chi connectivity index (χ2v) is 2.14. The normalized spacial score (nSPS) is 6.43. The Morgan fingerprint density at radius 2 is 0.929 bits per heavy atom. The third kappa shape index (κ3) is 22.6. The van der Waals surface area contributed by atoms with E-state index < -0.39 is 11.9 Å². The molecule has 0 aromatic heterocycles. The molecule has 0 atom stereocenters. The van der Waals surface area contributed by atoms with Gasteiger partial charge in [-0.25, -0.2) is 0 Å². The molecule has 0 saturated carbocycles. The summed E-state index contributed by atoms with van der Waals surface area (Å²) >= 11 is 0. The Hall–Kier alpha value is -0.385. The van der Waals surface area contributed by atoms with Crippen LogP contribution < -0.4 is 47.9 Å². The van der Waals surface area contributed by atoms with Crippen LogP contribution in [0.25, 0.3) is 0 Å². The van der Waals surface area contributed by atoms with Gasteiger partial charge >= 0.3 is 37.7 Å². The van der Waals surface area contributed by atoms with Gasteiger partial charge in [0.1, 0.15) is 0 Å². The molecular formula is C8H10Li2O4. The SMILES string of the molecule is C=C(C)C(=O)[O-].C=C(C)C(=O)[O-].[Li+].[Li+]. The molecule has 0 amide bonds. The molecule has 0 aliphatic rings. The number of carboxylic acid groups (broad SMARTS) is 2. The van der Waals surface area contributed by atoms with Crippen molar-refractivity contribution < 1.29 is 57.5 Å². The molecule has 6 heteroatoms. The van der Waals surface area contributed by atoms with Crippen LogP contribution in [0.4, 0.5) is 0 Å². The van der Waals surface area contributed by atoms with Crippen molar-refractivity contribution in [1.29, 1.82) is 0 Å². The van der Waals surface area contributed by atoms with Crippen LogP contribution >= 0.6 is 0 Å². The molecule has 0 N–H and O–H groups in total. The third-order valence-corrected chi connectivity index (χ3v) is 0.697. The van der Waals surface area contributed by atoms with E-state index in [1.807, 2.05) is 0 Å². The first-order chi connectivity index (χ1) is 5.29. The minimum atomic E-state index is -1.19. The number of carboxylic acids is 2. The molecule has 0 aromatic carbocycles. The van der Waals surface area contributed by atoms with Crippen molar-refractivity contribution in [3.8, 4) is 0 Å². The number of carbonyl (C=O) groups excluding carboxylic acids is 2. The molecule has 4 nitrogen and oxygen atoms in total. The first-order valence-electron chi connectivity index (χ1n) is 3.02. The quantitative estimate of drug-likeness (QED) is 0.315. The minimum Gasteiger partial charge on any atom is -0.545 e. The van der Waals surface area contributed by atoms with Gasteiger partial charge in [0.15, 0.2) is 0 Å². The summed E-state index contributed by atoms with van der Waals surface area (Å²) in [5.41, 5.74) is 0.130. The predicted octanol–water partition coefficient (Wildman–Crippen LogP) is -7.37. The van der Waals surface area contributed by atoms with Crippen LogP contribution in [0.2, 0.25) is 0 Å². The van der Waals surface area contributed by atoms with E-state index in [0.29, 0.717) is 0 Å². The van der Waals surface area contributed by atoms with Gasteiger partial charge in [0.05, 0.1) is 11.9 Å². The molecule has 68 valence electrons. The zero-order valence-corrected chi connectivity index (χ0v) is 9.05. The zero-order chi connectivity index (χ0) is 10.3. The molecule has 0 spiro atoms. The van der Waals surface area contributed by atoms with E-state index in [1.165, 1.54) is 13.8 Å². The molecule has 0 heterocycles. The van der Waals surface area contributed by atoms with Gasteiger partial charge in [-0.15, -0.1) is 0 Å². The van der Waals surface area contributed by atoms with Gasteiger partial charge in [-0.1, -0.05) is 13.2 Å². The average Bonchev–Trinajstić information content (AvgIpc) is 1.88. The molecule has 0 rings (SSSR count). The van der Waals surface area contributed by atoms with Crippen molar-refractivity contribution in [2.24, 2.45) is 0 Å². The smallest absolute Gasteiger partial charge is 0.545 e. The zero-order valence-electron chi connectivity index (χ0n) is 9.05. The van der Waals surface area contributed by atoms with Crippen LogP contribution in [0.3, 0.4) is 0 Å². The Morgan fingerprint density at radius 1 is 0.857 bits per heavy atom. The monoisotopic (exact) mass is 184 g/mol. The minimum absolute atomic E-state index is 0. The van der Waals surface area contributed by atoms with Gasteiger partial charge < -0.3 is 19.8 Å². The van der Waals surface area contributed by atoms with Crippen molar-refractivity contribution in [2.45, 2.75) is 13.8 Å². The number of hydrogen-bond donors (Lipinski definition) is 0. The largest absolute Gasteiger partial charge is 1.00 e. The predicted molar refractivity (Wildman–Crippen MR) is 39.6 cm³/mol. The summed E-state index contributed by atoms with van der Waals surface area (Å²) in [5, 5.41) is 19.0. The summed E-state index contributed by atoms with van der Waals surface area (Å²) in [7, 11) is 0. The average molecular weight is 184 g/mol. The molecular weight excluding hydrogens is 174 g/mol. The number of hydrogen-bond acceptors (Lipinski definition) is 4. The Labute approximate surface area is 107 Å². The van der Waals surface area contributed by atoms with Crippen molar-refractivity contribution in [3.05, 3.63) is 24.3 Å².